The Morgan fingerprint density at radius 2 is 1.37 bits per heavy atom. The maximum atomic E-state index is 6.56. The number of fused-ring (bicyclic) bond motifs is 1. The predicted octanol–water partition coefficient (Wildman–Crippen LogP) is 13.6. The number of halogens is 2. The van der Waals surface area contributed by atoms with Crippen LogP contribution in [0, 0.1) is 6.92 Å². The molecule has 262 valence electrons. The van der Waals surface area contributed by atoms with Gasteiger partial charge in [-0.05, 0) is 86.2 Å². The zero-order valence-electron chi connectivity index (χ0n) is 31.2. The Morgan fingerprint density at radius 1 is 0.784 bits per heavy atom. The number of para-hydroxylation sites is 2. The molecule has 2 nitrogen and oxygen atoms in total. The molecule has 0 saturated heterocycles. The van der Waals surface area contributed by atoms with Gasteiger partial charge in [-0.1, -0.05) is 131 Å². The van der Waals surface area contributed by atoms with Crippen LogP contribution in [0.15, 0.2) is 144 Å². The number of nitrogens with zero attached hydrogens (tertiary/aromatic N) is 2. The van der Waals surface area contributed by atoms with Gasteiger partial charge >= 0.3 is 0 Å². The zero-order valence-corrected chi connectivity index (χ0v) is 32.7. The van der Waals surface area contributed by atoms with Crippen molar-refractivity contribution in [2.75, 3.05) is 11.4 Å². The fourth-order valence-corrected chi connectivity index (χ4v) is 8.41. The van der Waals surface area contributed by atoms with Gasteiger partial charge in [-0.3, -0.25) is 0 Å². The normalized spacial score (nSPS) is 18.3. The summed E-state index contributed by atoms with van der Waals surface area (Å²) < 4.78 is 2.45. The van der Waals surface area contributed by atoms with E-state index in [0.29, 0.717) is 0 Å². The van der Waals surface area contributed by atoms with E-state index in [4.69, 9.17) is 23.2 Å². The summed E-state index contributed by atoms with van der Waals surface area (Å²) in [6.45, 7) is 16.9. The van der Waals surface area contributed by atoms with Crippen LogP contribution in [-0.4, -0.2) is 12.3 Å². The molecule has 6 rings (SSSR count). The summed E-state index contributed by atoms with van der Waals surface area (Å²) in [6.07, 6.45) is 13.6. The predicted molar refractivity (Wildman–Crippen MR) is 223 cm³/mol. The largest absolute Gasteiger partial charge is 0.344 e. The number of hydrogen-bond acceptors (Lipinski definition) is 1. The Bertz CT molecular complexity index is 2020. The number of rotatable bonds is 9. The summed E-state index contributed by atoms with van der Waals surface area (Å²) in [5.41, 5.74) is 13.7. The lowest BCUT2D eigenvalue weighted by Gasteiger charge is -2.31. The molecular weight excluding hydrogens is 663 g/mol. The van der Waals surface area contributed by atoms with Gasteiger partial charge in [-0.15, -0.1) is 0 Å². The fraction of sp³-hybridized carbons (Fsp3) is 0.298. The lowest BCUT2D eigenvalue weighted by atomic mass is 9.74. The SMILES string of the molecule is CCC/C(=C/C=C1\CCC(=CC=C2N(CC)c3ccc(Cl)cc3C2(C)C)C1=[N+](c1ccccc1)c1ccccc1)C(C)(C)c1cc(Cl)ccc1C. The fourth-order valence-electron chi connectivity index (χ4n) is 8.07. The number of benzene rings is 4. The molecule has 51 heavy (non-hydrogen) atoms. The van der Waals surface area contributed by atoms with Crippen LogP contribution in [0.5, 0.6) is 0 Å². The van der Waals surface area contributed by atoms with Gasteiger partial charge in [0, 0.05) is 74.2 Å². The number of anilines is 1. The molecule has 1 aliphatic heterocycles. The van der Waals surface area contributed by atoms with Crippen molar-refractivity contribution in [2.45, 2.75) is 85.0 Å². The van der Waals surface area contributed by atoms with Gasteiger partial charge < -0.3 is 4.90 Å². The van der Waals surface area contributed by atoms with E-state index in [9.17, 15) is 0 Å². The molecule has 0 amide bonds. The minimum Gasteiger partial charge on any atom is -0.344 e. The Hall–Kier alpha value is -4.11. The molecule has 4 heteroatoms. The molecule has 1 heterocycles. The van der Waals surface area contributed by atoms with E-state index in [1.807, 2.05) is 12.1 Å². The molecule has 0 bridgehead atoms. The van der Waals surface area contributed by atoms with Gasteiger partial charge in [0.2, 0.25) is 17.1 Å². The van der Waals surface area contributed by atoms with Crippen molar-refractivity contribution < 1.29 is 0 Å². The van der Waals surface area contributed by atoms with Crippen molar-refractivity contribution in [3.63, 3.8) is 0 Å². The molecule has 0 unspecified atom stereocenters. The average Bonchev–Trinajstić information content (AvgIpc) is 3.61. The highest BCUT2D eigenvalue weighted by atomic mass is 35.5. The van der Waals surface area contributed by atoms with Crippen LogP contribution < -0.4 is 9.48 Å². The Labute approximate surface area is 316 Å². The van der Waals surface area contributed by atoms with E-state index in [0.717, 1.165) is 53.6 Å². The smallest absolute Gasteiger partial charge is 0.218 e. The summed E-state index contributed by atoms with van der Waals surface area (Å²) in [7, 11) is 0. The highest BCUT2D eigenvalue weighted by Gasteiger charge is 2.40. The number of likely N-dealkylation sites (N-methyl/N-ethyl adjacent to an activating group) is 1. The molecule has 0 aromatic heterocycles. The average molecular weight is 715 g/mol. The number of hydrogen-bond donors (Lipinski definition) is 0. The van der Waals surface area contributed by atoms with E-state index in [-0.39, 0.29) is 10.8 Å². The summed E-state index contributed by atoms with van der Waals surface area (Å²) in [5.74, 6) is 0. The Morgan fingerprint density at radius 3 is 1.98 bits per heavy atom. The van der Waals surface area contributed by atoms with Crippen molar-refractivity contribution in [1.82, 2.24) is 4.58 Å². The quantitative estimate of drug-likeness (QED) is 0.156. The maximum Gasteiger partial charge on any atom is 0.218 e. The van der Waals surface area contributed by atoms with E-state index < -0.39 is 0 Å². The highest BCUT2D eigenvalue weighted by molar-refractivity contribution is 6.31. The number of aryl methyl sites for hydroxylation is 1. The van der Waals surface area contributed by atoms with Gasteiger partial charge in [0.15, 0.2) is 0 Å². The van der Waals surface area contributed by atoms with Crippen LogP contribution in [-0.2, 0) is 10.8 Å². The van der Waals surface area contributed by atoms with Crippen LogP contribution >= 0.6 is 23.2 Å². The molecular formula is C47H51Cl2N2+. The standard InChI is InChI=1S/C47H51Cl2N2/c1-8-16-36(46(4,5)41-31-37(48)27-21-33(41)3)26-24-34-22-23-35(45(34)51(39-17-12-10-13-18-39)40-19-14-11-15-20-40)25-30-44-47(6,7)42-32-38(49)28-29-43(42)50(44)9-2/h10-15,17-21,24-32H,8-9,16,22-23H2,1-7H3/q+1/b34-24+,36-26-. The molecule has 4 aromatic carbocycles. The van der Waals surface area contributed by atoms with Crippen molar-refractivity contribution >= 4 is 46.0 Å². The molecule has 1 fully saturated rings. The second kappa shape index (κ2) is 15.2. The summed E-state index contributed by atoms with van der Waals surface area (Å²) in [5, 5.41) is 1.57. The van der Waals surface area contributed by atoms with E-state index >= 15 is 0 Å². The van der Waals surface area contributed by atoms with Gasteiger partial charge in [0.25, 0.3) is 0 Å². The topological polar surface area (TPSA) is 6.25 Å². The maximum absolute atomic E-state index is 6.56. The lowest BCUT2D eigenvalue weighted by molar-refractivity contribution is 0.584. The third kappa shape index (κ3) is 7.32. The molecule has 1 aliphatic carbocycles. The van der Waals surface area contributed by atoms with Crippen LogP contribution in [0.3, 0.4) is 0 Å². The van der Waals surface area contributed by atoms with Gasteiger partial charge in [-0.2, -0.15) is 4.58 Å². The van der Waals surface area contributed by atoms with Crippen LogP contribution in [0.2, 0.25) is 10.0 Å². The molecule has 2 aliphatic rings. The van der Waals surface area contributed by atoms with Crippen LogP contribution in [0.1, 0.15) is 83.9 Å². The molecule has 1 saturated carbocycles. The third-order valence-corrected chi connectivity index (χ3v) is 11.3. The Kier molecular flexibility index (Phi) is 11.0. The van der Waals surface area contributed by atoms with E-state index in [1.165, 1.54) is 50.5 Å². The molecule has 0 atom stereocenters. The molecule has 4 aromatic rings. The van der Waals surface area contributed by atoms with Crippen molar-refractivity contribution in [2.24, 2.45) is 0 Å². The van der Waals surface area contributed by atoms with Crippen LogP contribution in [0.4, 0.5) is 17.1 Å². The number of allylic oxidation sites excluding steroid dienone is 8. The van der Waals surface area contributed by atoms with Gasteiger partial charge in [-0.25, -0.2) is 0 Å². The first-order valence-electron chi connectivity index (χ1n) is 18.4. The highest BCUT2D eigenvalue weighted by Crippen LogP contribution is 2.48. The minimum absolute atomic E-state index is 0.169. The first kappa shape index (κ1) is 36.7. The van der Waals surface area contributed by atoms with Gasteiger partial charge in [0.1, 0.15) is 0 Å². The molecule has 0 N–H and O–H groups in total. The Balaban J connectivity index is 1.55. The van der Waals surface area contributed by atoms with Crippen molar-refractivity contribution in [3.8, 4) is 0 Å². The monoisotopic (exact) mass is 713 g/mol. The van der Waals surface area contributed by atoms with E-state index in [2.05, 4.69) is 167 Å². The lowest BCUT2D eigenvalue weighted by Crippen LogP contribution is -2.25. The summed E-state index contributed by atoms with van der Waals surface area (Å²) >= 11 is 13.1. The zero-order chi connectivity index (χ0) is 36.3. The first-order chi connectivity index (χ1) is 24.5. The van der Waals surface area contributed by atoms with Crippen LogP contribution in [0.25, 0.3) is 0 Å². The molecule has 0 spiro atoms. The third-order valence-electron chi connectivity index (χ3n) is 10.8. The van der Waals surface area contributed by atoms with Gasteiger partial charge in [0.05, 0.1) is 0 Å². The summed E-state index contributed by atoms with van der Waals surface area (Å²) in [6, 6.07) is 34.2. The second-order valence-corrected chi connectivity index (χ2v) is 15.7. The van der Waals surface area contributed by atoms with E-state index in [1.54, 1.807) is 0 Å². The summed E-state index contributed by atoms with van der Waals surface area (Å²) in [4.78, 5) is 2.44. The second-order valence-electron chi connectivity index (χ2n) is 14.8. The molecule has 0 radical (unpaired) electrons. The minimum atomic E-state index is -0.175. The first-order valence-corrected chi connectivity index (χ1v) is 19.2. The van der Waals surface area contributed by atoms with Crippen molar-refractivity contribution in [1.29, 1.82) is 0 Å². The van der Waals surface area contributed by atoms with Crippen molar-refractivity contribution in [3.05, 3.63) is 171 Å².